The number of nitrogens with zero attached hydrogens (tertiary/aromatic N) is 1. The maximum atomic E-state index is 13.3. The van der Waals surface area contributed by atoms with Gasteiger partial charge in [-0.15, -0.1) is 11.8 Å². The van der Waals surface area contributed by atoms with Crippen LogP contribution in [0.15, 0.2) is 0 Å². The van der Waals surface area contributed by atoms with Crippen molar-refractivity contribution in [2.24, 2.45) is 0 Å². The van der Waals surface area contributed by atoms with Gasteiger partial charge >= 0.3 is 11.9 Å². The molecule has 1 N–H and O–H groups in total. The highest BCUT2D eigenvalue weighted by Gasteiger charge is 2.57. The minimum absolute atomic E-state index is 0.00177. The van der Waals surface area contributed by atoms with Gasteiger partial charge in [-0.05, 0) is 48.0 Å². The minimum atomic E-state index is -1.80. The number of thioether (sulfide) groups is 1. The van der Waals surface area contributed by atoms with Gasteiger partial charge in [0.05, 0.1) is 5.88 Å². The lowest BCUT2D eigenvalue weighted by molar-refractivity contribution is -0.173. The fraction of sp³-hybridized carbons (Fsp3) is 0.778. The SMILES string of the molecule is CC(C)(C)OC(=O)[C@@H]1CSCN1C(=O)[C@]1(C(=O)OC(C)(C)C)CCC(=O)N1. The van der Waals surface area contributed by atoms with Crippen molar-refractivity contribution >= 4 is 35.5 Å². The second-order valence-electron chi connectivity index (χ2n) is 8.78. The second kappa shape index (κ2) is 7.33. The highest BCUT2D eigenvalue weighted by molar-refractivity contribution is 7.99. The molecule has 0 bridgehead atoms. The molecule has 2 heterocycles. The van der Waals surface area contributed by atoms with Gasteiger partial charge in [0, 0.05) is 12.2 Å². The largest absolute Gasteiger partial charge is 0.458 e. The molecule has 0 radical (unpaired) electrons. The quantitative estimate of drug-likeness (QED) is 0.561. The molecule has 27 heavy (non-hydrogen) atoms. The third-order valence-corrected chi connectivity index (χ3v) is 5.03. The molecule has 0 unspecified atom stereocenters. The molecule has 0 aliphatic carbocycles. The minimum Gasteiger partial charge on any atom is -0.458 e. The van der Waals surface area contributed by atoms with Crippen molar-refractivity contribution in [3.05, 3.63) is 0 Å². The summed E-state index contributed by atoms with van der Waals surface area (Å²) in [7, 11) is 0. The summed E-state index contributed by atoms with van der Waals surface area (Å²) in [6, 6.07) is -0.807. The van der Waals surface area contributed by atoms with E-state index in [1.807, 2.05) is 0 Å². The number of carbonyl (C=O) groups is 4. The van der Waals surface area contributed by atoms with Gasteiger partial charge in [-0.3, -0.25) is 9.59 Å². The molecule has 0 aromatic heterocycles. The average Bonchev–Trinajstić information content (AvgIpc) is 3.10. The Balaban J connectivity index is 2.28. The van der Waals surface area contributed by atoms with Crippen LogP contribution >= 0.6 is 11.8 Å². The van der Waals surface area contributed by atoms with Crippen molar-refractivity contribution < 1.29 is 28.7 Å². The van der Waals surface area contributed by atoms with Crippen LogP contribution in [-0.2, 0) is 28.7 Å². The first-order chi connectivity index (χ1) is 12.3. The van der Waals surface area contributed by atoms with Crippen LogP contribution in [0.2, 0.25) is 0 Å². The first kappa shape index (κ1) is 21.5. The lowest BCUT2D eigenvalue weighted by Crippen LogP contribution is -2.63. The zero-order valence-corrected chi connectivity index (χ0v) is 17.5. The van der Waals surface area contributed by atoms with Gasteiger partial charge in [-0.2, -0.15) is 0 Å². The van der Waals surface area contributed by atoms with Crippen LogP contribution in [0, 0.1) is 0 Å². The number of ether oxygens (including phenoxy) is 2. The molecular formula is C18H28N2O6S. The van der Waals surface area contributed by atoms with Crippen LogP contribution in [0.5, 0.6) is 0 Å². The summed E-state index contributed by atoms with van der Waals surface area (Å²) in [5.41, 5.74) is -3.30. The van der Waals surface area contributed by atoms with E-state index in [-0.39, 0.29) is 18.7 Å². The third-order valence-electron chi connectivity index (χ3n) is 4.01. The van der Waals surface area contributed by atoms with Gasteiger partial charge < -0.3 is 19.7 Å². The first-order valence-electron chi connectivity index (χ1n) is 8.91. The van der Waals surface area contributed by atoms with Crippen molar-refractivity contribution in [3.63, 3.8) is 0 Å². The molecule has 2 amide bonds. The zero-order valence-electron chi connectivity index (χ0n) is 16.7. The summed E-state index contributed by atoms with van der Waals surface area (Å²) in [6.07, 6.45) is 0.0465. The lowest BCUT2D eigenvalue weighted by atomic mass is 9.94. The molecule has 2 saturated heterocycles. The summed E-state index contributed by atoms with van der Waals surface area (Å²) in [6.45, 7) is 10.3. The van der Waals surface area contributed by atoms with Gasteiger partial charge in [0.1, 0.15) is 17.2 Å². The molecule has 0 saturated carbocycles. The normalized spacial score (nSPS) is 25.9. The van der Waals surface area contributed by atoms with Gasteiger partial charge in [0.2, 0.25) is 11.4 Å². The van der Waals surface area contributed by atoms with E-state index in [0.29, 0.717) is 5.75 Å². The standard InChI is InChI=1S/C18H28N2O6S/c1-16(2,3)25-13(22)11-9-27-10-20(11)14(23)18(8-7-12(21)19-18)15(24)26-17(4,5)6/h11H,7-10H2,1-6H3,(H,19,21)/t11-,18-/m0/s1. The monoisotopic (exact) mass is 400 g/mol. The molecule has 8 nitrogen and oxygen atoms in total. The van der Waals surface area contributed by atoms with Gasteiger partial charge in [0.25, 0.3) is 5.91 Å². The highest BCUT2D eigenvalue weighted by Crippen LogP contribution is 2.32. The molecule has 0 aromatic carbocycles. The molecule has 0 spiro atoms. The number of rotatable bonds is 3. The Kier molecular flexibility index (Phi) is 5.85. The Morgan fingerprint density at radius 3 is 2.19 bits per heavy atom. The average molecular weight is 400 g/mol. The molecule has 0 aromatic rings. The van der Waals surface area contributed by atoms with E-state index in [1.54, 1.807) is 41.5 Å². The molecule has 2 aliphatic rings. The van der Waals surface area contributed by atoms with Crippen molar-refractivity contribution in [2.45, 2.75) is 77.2 Å². The molecule has 2 aliphatic heterocycles. The Labute approximate surface area is 163 Å². The predicted molar refractivity (Wildman–Crippen MR) is 99.8 cm³/mol. The van der Waals surface area contributed by atoms with E-state index in [0.717, 1.165) is 0 Å². The Hall–Kier alpha value is -1.77. The summed E-state index contributed by atoms with van der Waals surface area (Å²) in [5, 5.41) is 2.51. The Morgan fingerprint density at radius 1 is 1.11 bits per heavy atom. The summed E-state index contributed by atoms with van der Waals surface area (Å²) >= 11 is 1.40. The molecule has 9 heteroatoms. The van der Waals surface area contributed by atoms with Crippen molar-refractivity contribution in [1.29, 1.82) is 0 Å². The fourth-order valence-electron chi connectivity index (χ4n) is 2.88. The lowest BCUT2D eigenvalue weighted by Gasteiger charge is -2.35. The van der Waals surface area contributed by atoms with Gasteiger partial charge in [-0.1, -0.05) is 0 Å². The van der Waals surface area contributed by atoms with Crippen molar-refractivity contribution in [1.82, 2.24) is 10.2 Å². The number of hydrogen-bond donors (Lipinski definition) is 1. The Bertz CT molecular complexity index is 651. The highest BCUT2D eigenvalue weighted by atomic mass is 32.2. The number of carbonyl (C=O) groups excluding carboxylic acids is 4. The van der Waals surface area contributed by atoms with Crippen LogP contribution in [0.25, 0.3) is 0 Å². The molecule has 2 rings (SSSR count). The van der Waals surface area contributed by atoms with E-state index >= 15 is 0 Å². The fourth-order valence-corrected chi connectivity index (χ4v) is 4.02. The number of hydrogen-bond acceptors (Lipinski definition) is 7. The number of esters is 2. The first-order valence-corrected chi connectivity index (χ1v) is 10.1. The summed E-state index contributed by atoms with van der Waals surface area (Å²) in [5.74, 6) is -1.73. The van der Waals surface area contributed by atoms with Gasteiger partial charge in [-0.25, -0.2) is 9.59 Å². The number of amides is 2. The van der Waals surface area contributed by atoms with Gasteiger partial charge in [0.15, 0.2) is 0 Å². The molecular weight excluding hydrogens is 372 g/mol. The Morgan fingerprint density at radius 2 is 1.70 bits per heavy atom. The van der Waals surface area contributed by atoms with Crippen LogP contribution in [-0.4, -0.2) is 63.1 Å². The second-order valence-corrected chi connectivity index (χ2v) is 9.78. The van der Waals surface area contributed by atoms with Crippen LogP contribution < -0.4 is 5.32 Å². The maximum absolute atomic E-state index is 13.3. The maximum Gasteiger partial charge on any atom is 0.342 e. The zero-order chi connectivity index (χ0) is 20.6. The predicted octanol–water partition coefficient (Wildman–Crippen LogP) is 1.22. The van der Waals surface area contributed by atoms with Crippen molar-refractivity contribution in [3.8, 4) is 0 Å². The van der Waals surface area contributed by atoms with Crippen LogP contribution in [0.1, 0.15) is 54.4 Å². The van der Waals surface area contributed by atoms with Crippen molar-refractivity contribution in [2.75, 3.05) is 11.6 Å². The number of nitrogens with one attached hydrogen (secondary N) is 1. The smallest absolute Gasteiger partial charge is 0.342 e. The topological polar surface area (TPSA) is 102 Å². The summed E-state index contributed by atoms with van der Waals surface area (Å²) < 4.78 is 10.8. The van der Waals surface area contributed by atoms with E-state index in [9.17, 15) is 19.2 Å². The van der Waals surface area contributed by atoms with E-state index < -0.39 is 46.5 Å². The van der Waals surface area contributed by atoms with E-state index in [1.165, 1.54) is 16.7 Å². The van der Waals surface area contributed by atoms with Crippen LogP contribution in [0.4, 0.5) is 0 Å². The van der Waals surface area contributed by atoms with E-state index in [4.69, 9.17) is 9.47 Å². The molecule has 2 atom stereocenters. The van der Waals surface area contributed by atoms with E-state index in [2.05, 4.69) is 5.32 Å². The summed E-state index contributed by atoms with van der Waals surface area (Å²) in [4.78, 5) is 51.8. The molecule has 2 fully saturated rings. The molecule has 152 valence electrons. The van der Waals surface area contributed by atoms with Crippen LogP contribution in [0.3, 0.4) is 0 Å². The third kappa shape index (κ3) is 4.94.